The third-order valence-corrected chi connectivity index (χ3v) is 5.05. The Morgan fingerprint density at radius 1 is 0.839 bits per heavy atom. The number of carbonyl (C=O) groups is 1. The molecule has 1 atom stereocenters. The van der Waals surface area contributed by atoms with Crippen LogP contribution in [0.5, 0.6) is 11.5 Å². The van der Waals surface area contributed by atoms with Gasteiger partial charge in [0.2, 0.25) is 0 Å². The second-order valence-corrected chi connectivity index (χ2v) is 7.28. The Labute approximate surface area is 182 Å². The lowest BCUT2D eigenvalue weighted by Gasteiger charge is -2.18. The topological polar surface area (TPSA) is 47.6 Å². The molecule has 0 aromatic heterocycles. The molecule has 0 unspecified atom stereocenters. The SMILES string of the molecule is CC[C@@H](Oc1cccc2ccccc12)C(=O)Nc1ccc(OCc2ccccc2)cc1. The highest BCUT2D eigenvalue weighted by molar-refractivity contribution is 5.95. The maximum Gasteiger partial charge on any atom is 0.265 e. The number of nitrogens with one attached hydrogen (secondary N) is 1. The molecule has 4 aromatic rings. The van der Waals surface area contributed by atoms with Crippen molar-refractivity contribution in [2.24, 2.45) is 0 Å². The molecular formula is C27H25NO3. The van der Waals surface area contributed by atoms with E-state index in [2.05, 4.69) is 5.32 Å². The zero-order valence-electron chi connectivity index (χ0n) is 17.5. The molecule has 0 saturated heterocycles. The summed E-state index contributed by atoms with van der Waals surface area (Å²) in [7, 11) is 0. The second-order valence-electron chi connectivity index (χ2n) is 7.28. The van der Waals surface area contributed by atoms with Gasteiger partial charge in [0.25, 0.3) is 5.91 Å². The highest BCUT2D eigenvalue weighted by atomic mass is 16.5. The van der Waals surface area contributed by atoms with Gasteiger partial charge in [0.15, 0.2) is 6.10 Å². The predicted octanol–water partition coefficient (Wildman–Crippen LogP) is 6.21. The van der Waals surface area contributed by atoms with Gasteiger partial charge in [-0.3, -0.25) is 4.79 Å². The Morgan fingerprint density at radius 3 is 2.32 bits per heavy atom. The summed E-state index contributed by atoms with van der Waals surface area (Å²) < 4.78 is 11.9. The minimum absolute atomic E-state index is 0.173. The number of anilines is 1. The highest BCUT2D eigenvalue weighted by Gasteiger charge is 2.19. The smallest absolute Gasteiger partial charge is 0.265 e. The van der Waals surface area contributed by atoms with Crippen molar-refractivity contribution in [2.75, 3.05) is 5.32 Å². The number of fused-ring (bicyclic) bond motifs is 1. The Kier molecular flexibility index (Phi) is 6.48. The van der Waals surface area contributed by atoms with E-state index in [9.17, 15) is 4.79 Å². The van der Waals surface area contributed by atoms with Crippen LogP contribution in [0.3, 0.4) is 0 Å². The molecular weight excluding hydrogens is 386 g/mol. The van der Waals surface area contributed by atoms with Gasteiger partial charge in [-0.2, -0.15) is 0 Å². The van der Waals surface area contributed by atoms with Crippen LogP contribution in [0.4, 0.5) is 5.69 Å². The van der Waals surface area contributed by atoms with E-state index in [4.69, 9.17) is 9.47 Å². The number of carbonyl (C=O) groups excluding carboxylic acids is 1. The molecule has 0 aliphatic heterocycles. The highest BCUT2D eigenvalue weighted by Crippen LogP contribution is 2.27. The standard InChI is InChI=1S/C27H25NO3/c1-2-25(31-26-14-8-12-21-11-6-7-13-24(21)26)27(29)28-22-15-17-23(18-16-22)30-19-20-9-4-3-5-10-20/h3-18,25H,2,19H2,1H3,(H,28,29)/t25-/m1/s1. The average molecular weight is 412 g/mol. The number of benzene rings is 4. The van der Waals surface area contributed by atoms with Crippen LogP contribution in [-0.4, -0.2) is 12.0 Å². The summed E-state index contributed by atoms with van der Waals surface area (Å²) in [5, 5.41) is 5.02. The molecule has 1 amide bonds. The summed E-state index contributed by atoms with van der Waals surface area (Å²) in [5.41, 5.74) is 1.81. The fourth-order valence-electron chi connectivity index (χ4n) is 3.37. The lowest BCUT2D eigenvalue weighted by Crippen LogP contribution is -2.32. The van der Waals surface area contributed by atoms with E-state index in [1.807, 2.05) is 104 Å². The van der Waals surface area contributed by atoms with Crippen molar-refractivity contribution in [2.45, 2.75) is 26.1 Å². The van der Waals surface area contributed by atoms with Crippen molar-refractivity contribution < 1.29 is 14.3 Å². The van der Waals surface area contributed by atoms with Crippen LogP contribution in [0.1, 0.15) is 18.9 Å². The minimum atomic E-state index is -0.584. The molecule has 0 bridgehead atoms. The largest absolute Gasteiger partial charge is 0.489 e. The molecule has 4 rings (SSSR count). The summed E-state index contributed by atoms with van der Waals surface area (Å²) in [5.74, 6) is 1.29. The molecule has 156 valence electrons. The van der Waals surface area contributed by atoms with Gasteiger partial charge in [-0.05, 0) is 47.7 Å². The van der Waals surface area contributed by atoms with Crippen molar-refractivity contribution >= 4 is 22.4 Å². The van der Waals surface area contributed by atoms with E-state index >= 15 is 0 Å². The van der Waals surface area contributed by atoms with Gasteiger partial charge < -0.3 is 14.8 Å². The van der Waals surface area contributed by atoms with E-state index in [0.29, 0.717) is 24.5 Å². The summed E-state index contributed by atoms with van der Waals surface area (Å²) >= 11 is 0. The number of amides is 1. The molecule has 0 spiro atoms. The van der Waals surface area contributed by atoms with Gasteiger partial charge in [0.1, 0.15) is 18.1 Å². The fraction of sp³-hybridized carbons (Fsp3) is 0.148. The Morgan fingerprint density at radius 2 is 1.55 bits per heavy atom. The van der Waals surface area contributed by atoms with Crippen molar-refractivity contribution in [1.29, 1.82) is 0 Å². The molecule has 4 heteroatoms. The van der Waals surface area contributed by atoms with E-state index < -0.39 is 6.10 Å². The molecule has 31 heavy (non-hydrogen) atoms. The molecule has 0 radical (unpaired) electrons. The zero-order chi connectivity index (χ0) is 21.5. The van der Waals surface area contributed by atoms with Crippen LogP contribution in [0.25, 0.3) is 10.8 Å². The first-order valence-electron chi connectivity index (χ1n) is 10.4. The Bertz CT molecular complexity index is 1130. The second kappa shape index (κ2) is 9.81. The molecule has 1 N–H and O–H groups in total. The fourth-order valence-corrected chi connectivity index (χ4v) is 3.37. The third kappa shape index (κ3) is 5.23. The summed E-state index contributed by atoms with van der Waals surface area (Å²) in [6.45, 7) is 2.44. The summed E-state index contributed by atoms with van der Waals surface area (Å²) in [6.07, 6.45) is -0.0207. The maximum absolute atomic E-state index is 12.8. The number of ether oxygens (including phenoxy) is 2. The number of hydrogen-bond donors (Lipinski definition) is 1. The van der Waals surface area contributed by atoms with E-state index in [0.717, 1.165) is 22.1 Å². The van der Waals surface area contributed by atoms with Crippen LogP contribution in [0.15, 0.2) is 97.1 Å². The van der Waals surface area contributed by atoms with E-state index in [1.54, 1.807) is 0 Å². The predicted molar refractivity (Wildman–Crippen MR) is 125 cm³/mol. The first kappa shape index (κ1) is 20.5. The van der Waals surface area contributed by atoms with Crippen molar-refractivity contribution in [3.05, 3.63) is 103 Å². The van der Waals surface area contributed by atoms with Gasteiger partial charge in [0.05, 0.1) is 0 Å². The molecule has 0 heterocycles. The number of rotatable bonds is 8. The summed E-state index contributed by atoms with van der Waals surface area (Å²) in [4.78, 5) is 12.8. The van der Waals surface area contributed by atoms with E-state index in [1.165, 1.54) is 0 Å². The van der Waals surface area contributed by atoms with Gasteiger partial charge in [-0.25, -0.2) is 0 Å². The normalized spacial score (nSPS) is 11.6. The van der Waals surface area contributed by atoms with Crippen LogP contribution in [0, 0.1) is 0 Å². The van der Waals surface area contributed by atoms with Crippen LogP contribution in [-0.2, 0) is 11.4 Å². The quantitative estimate of drug-likeness (QED) is 0.375. The summed E-state index contributed by atoms with van der Waals surface area (Å²) in [6, 6.07) is 31.2. The van der Waals surface area contributed by atoms with Gasteiger partial charge in [0, 0.05) is 11.1 Å². The maximum atomic E-state index is 12.8. The van der Waals surface area contributed by atoms with Crippen molar-refractivity contribution in [3.8, 4) is 11.5 Å². The van der Waals surface area contributed by atoms with E-state index in [-0.39, 0.29) is 5.91 Å². The molecule has 0 aliphatic carbocycles. The Balaban J connectivity index is 1.38. The average Bonchev–Trinajstić information content (AvgIpc) is 2.82. The van der Waals surface area contributed by atoms with Crippen LogP contribution >= 0.6 is 0 Å². The van der Waals surface area contributed by atoms with Crippen molar-refractivity contribution in [3.63, 3.8) is 0 Å². The Hall–Kier alpha value is -3.79. The molecule has 4 aromatic carbocycles. The van der Waals surface area contributed by atoms with Gasteiger partial charge in [-0.1, -0.05) is 73.7 Å². The first-order chi connectivity index (χ1) is 15.2. The lowest BCUT2D eigenvalue weighted by molar-refractivity contribution is -0.122. The third-order valence-electron chi connectivity index (χ3n) is 5.05. The first-order valence-corrected chi connectivity index (χ1v) is 10.4. The lowest BCUT2D eigenvalue weighted by atomic mass is 10.1. The monoisotopic (exact) mass is 411 g/mol. The van der Waals surface area contributed by atoms with Gasteiger partial charge in [-0.15, -0.1) is 0 Å². The molecule has 0 saturated carbocycles. The van der Waals surface area contributed by atoms with Crippen LogP contribution in [0.2, 0.25) is 0 Å². The molecule has 0 fully saturated rings. The van der Waals surface area contributed by atoms with Crippen molar-refractivity contribution in [1.82, 2.24) is 0 Å². The van der Waals surface area contributed by atoms with Crippen LogP contribution < -0.4 is 14.8 Å². The number of hydrogen-bond acceptors (Lipinski definition) is 3. The zero-order valence-corrected chi connectivity index (χ0v) is 17.5. The van der Waals surface area contributed by atoms with Gasteiger partial charge >= 0.3 is 0 Å². The molecule has 0 aliphatic rings. The minimum Gasteiger partial charge on any atom is -0.489 e. The molecule has 4 nitrogen and oxygen atoms in total.